The summed E-state index contributed by atoms with van der Waals surface area (Å²) in [5, 5.41) is 15.8. The number of amides is 3. The minimum atomic E-state index is -1.16. The molecule has 0 radical (unpaired) electrons. The van der Waals surface area contributed by atoms with Crippen molar-refractivity contribution in [1.29, 1.82) is 0 Å². The van der Waals surface area contributed by atoms with Crippen LogP contribution >= 0.6 is 0 Å². The molecule has 0 aliphatic heterocycles. The largest absolute Gasteiger partial charge is 0.480 e. The van der Waals surface area contributed by atoms with Crippen molar-refractivity contribution in [3.8, 4) is 0 Å². The first kappa shape index (κ1) is 18.4. The minimum Gasteiger partial charge on any atom is -0.480 e. The second-order valence-corrected chi connectivity index (χ2v) is 5.98. The molecule has 0 heterocycles. The van der Waals surface area contributed by atoms with Crippen LogP contribution in [-0.4, -0.2) is 47.9 Å². The summed E-state index contributed by atoms with van der Waals surface area (Å²) < 4.78 is 0. The fourth-order valence-corrected chi connectivity index (χ4v) is 2.45. The Morgan fingerprint density at radius 2 is 1.72 bits per heavy atom. The van der Waals surface area contributed by atoms with Crippen molar-refractivity contribution in [2.24, 2.45) is 5.92 Å². The van der Waals surface area contributed by atoms with Gasteiger partial charge in [0.2, 0.25) is 17.7 Å². The molecular weight excluding hydrogens is 326 g/mol. The molecule has 134 valence electrons. The van der Waals surface area contributed by atoms with Gasteiger partial charge in [-0.3, -0.25) is 19.2 Å². The van der Waals surface area contributed by atoms with E-state index in [2.05, 4.69) is 16.0 Å². The van der Waals surface area contributed by atoms with E-state index < -0.39 is 23.8 Å². The maximum atomic E-state index is 12.0. The van der Waals surface area contributed by atoms with Crippen molar-refractivity contribution in [3.63, 3.8) is 0 Å². The predicted molar refractivity (Wildman–Crippen MR) is 88.5 cm³/mol. The van der Waals surface area contributed by atoms with Crippen LogP contribution < -0.4 is 16.0 Å². The van der Waals surface area contributed by atoms with Crippen molar-refractivity contribution in [3.05, 3.63) is 35.9 Å². The smallest absolute Gasteiger partial charge is 0.325 e. The van der Waals surface area contributed by atoms with Crippen molar-refractivity contribution >= 4 is 23.7 Å². The Morgan fingerprint density at radius 1 is 1.08 bits per heavy atom. The van der Waals surface area contributed by atoms with E-state index in [1.165, 1.54) is 6.92 Å². The molecule has 4 N–H and O–H groups in total. The Kier molecular flexibility index (Phi) is 6.10. The lowest BCUT2D eigenvalue weighted by molar-refractivity contribution is -0.141. The lowest BCUT2D eigenvalue weighted by Gasteiger charge is -2.10. The molecule has 1 fully saturated rings. The van der Waals surface area contributed by atoms with Crippen LogP contribution in [0.25, 0.3) is 0 Å². The van der Waals surface area contributed by atoms with Gasteiger partial charge in [0.15, 0.2) is 0 Å². The second-order valence-electron chi connectivity index (χ2n) is 5.98. The lowest BCUT2D eigenvalue weighted by Crippen LogP contribution is -2.46. The summed E-state index contributed by atoms with van der Waals surface area (Å²) in [6, 6.07) is 8.67. The molecular formula is C17H21N3O5. The highest BCUT2D eigenvalue weighted by molar-refractivity contribution is 5.90. The van der Waals surface area contributed by atoms with Gasteiger partial charge in [-0.05, 0) is 24.8 Å². The minimum absolute atomic E-state index is 0.130. The molecule has 8 heteroatoms. The Bertz CT molecular complexity index is 662. The number of hydrogen-bond donors (Lipinski definition) is 4. The predicted octanol–water partition coefficient (Wildman–Crippen LogP) is -0.388. The molecule has 1 aliphatic rings. The normalized spacial score (nSPS) is 19.4. The van der Waals surface area contributed by atoms with Gasteiger partial charge in [-0.1, -0.05) is 30.3 Å². The SMILES string of the molecule is C[C@H](NC(=O)CNC(=O)CNC(=O)[C@@H]1C[C@H]1c1ccccc1)C(=O)O. The van der Waals surface area contributed by atoms with Gasteiger partial charge < -0.3 is 21.1 Å². The van der Waals surface area contributed by atoms with Gasteiger partial charge in [-0.2, -0.15) is 0 Å². The number of nitrogens with one attached hydrogen (secondary N) is 3. The number of carboxylic acid groups (broad SMARTS) is 1. The van der Waals surface area contributed by atoms with Gasteiger partial charge in [0, 0.05) is 5.92 Å². The van der Waals surface area contributed by atoms with Crippen LogP contribution in [0.1, 0.15) is 24.8 Å². The van der Waals surface area contributed by atoms with Gasteiger partial charge in [-0.15, -0.1) is 0 Å². The third-order valence-corrected chi connectivity index (χ3v) is 3.97. The molecule has 0 saturated heterocycles. The highest BCUT2D eigenvalue weighted by Gasteiger charge is 2.43. The molecule has 0 unspecified atom stereocenters. The fourth-order valence-electron chi connectivity index (χ4n) is 2.45. The van der Waals surface area contributed by atoms with Gasteiger partial charge in [0.25, 0.3) is 0 Å². The van der Waals surface area contributed by atoms with E-state index >= 15 is 0 Å². The maximum absolute atomic E-state index is 12.0. The zero-order chi connectivity index (χ0) is 18.4. The number of benzene rings is 1. The number of carbonyl (C=O) groups is 4. The summed E-state index contributed by atoms with van der Waals surface area (Å²) in [5.41, 5.74) is 1.11. The summed E-state index contributed by atoms with van der Waals surface area (Å²) in [6.45, 7) is 0.752. The maximum Gasteiger partial charge on any atom is 0.325 e. The number of hydrogen-bond acceptors (Lipinski definition) is 4. The van der Waals surface area contributed by atoms with Crippen LogP contribution in [0, 0.1) is 5.92 Å². The Hall–Kier alpha value is -2.90. The van der Waals surface area contributed by atoms with E-state index in [0.717, 1.165) is 12.0 Å². The monoisotopic (exact) mass is 347 g/mol. The van der Waals surface area contributed by atoms with E-state index in [4.69, 9.17) is 5.11 Å². The lowest BCUT2D eigenvalue weighted by atomic mass is 10.1. The first-order chi connectivity index (χ1) is 11.9. The molecule has 8 nitrogen and oxygen atoms in total. The third kappa shape index (κ3) is 5.59. The highest BCUT2D eigenvalue weighted by atomic mass is 16.4. The number of rotatable bonds is 8. The quantitative estimate of drug-likeness (QED) is 0.510. The standard InChI is InChI=1S/C17H21N3O5/c1-10(17(24)25)20-15(22)9-18-14(21)8-19-16(23)13-7-12(13)11-5-3-2-4-6-11/h2-6,10,12-13H,7-9H2,1H3,(H,18,21)(H,19,23)(H,20,22)(H,24,25)/t10-,12-,13+/m0/s1. The van der Waals surface area contributed by atoms with E-state index in [0.29, 0.717) is 0 Å². The Labute approximate surface area is 145 Å². The van der Waals surface area contributed by atoms with Crippen LogP contribution in [0.3, 0.4) is 0 Å². The zero-order valence-electron chi connectivity index (χ0n) is 13.8. The second kappa shape index (κ2) is 8.27. The van der Waals surface area contributed by atoms with Crippen LogP contribution in [0.4, 0.5) is 0 Å². The van der Waals surface area contributed by atoms with Crippen LogP contribution in [0.2, 0.25) is 0 Å². The molecule has 0 bridgehead atoms. The van der Waals surface area contributed by atoms with E-state index in [9.17, 15) is 19.2 Å². The zero-order valence-corrected chi connectivity index (χ0v) is 13.8. The van der Waals surface area contributed by atoms with Gasteiger partial charge in [-0.25, -0.2) is 0 Å². The molecule has 0 aromatic heterocycles. The summed E-state index contributed by atoms with van der Waals surface area (Å²) >= 11 is 0. The van der Waals surface area contributed by atoms with Crippen molar-refractivity contribution in [2.45, 2.75) is 25.3 Å². The Balaban J connectivity index is 1.65. The van der Waals surface area contributed by atoms with Crippen molar-refractivity contribution in [2.75, 3.05) is 13.1 Å². The van der Waals surface area contributed by atoms with E-state index in [1.807, 2.05) is 30.3 Å². The molecule has 25 heavy (non-hydrogen) atoms. The number of carboxylic acids is 1. The average molecular weight is 347 g/mol. The molecule has 0 spiro atoms. The van der Waals surface area contributed by atoms with Crippen LogP contribution in [-0.2, 0) is 19.2 Å². The van der Waals surface area contributed by atoms with Gasteiger partial charge in [0.1, 0.15) is 6.04 Å². The third-order valence-electron chi connectivity index (χ3n) is 3.97. The molecule has 1 aromatic rings. The average Bonchev–Trinajstić information content (AvgIpc) is 3.39. The number of aliphatic carboxylic acids is 1. The van der Waals surface area contributed by atoms with Crippen LogP contribution in [0.5, 0.6) is 0 Å². The summed E-state index contributed by atoms with van der Waals surface area (Å²) in [5.74, 6) is -2.41. The molecule has 2 rings (SSSR count). The van der Waals surface area contributed by atoms with Gasteiger partial charge in [0.05, 0.1) is 13.1 Å². The molecule has 1 aliphatic carbocycles. The summed E-state index contributed by atoms with van der Waals surface area (Å²) in [7, 11) is 0. The molecule has 3 amide bonds. The van der Waals surface area contributed by atoms with E-state index in [1.54, 1.807) is 0 Å². The first-order valence-corrected chi connectivity index (χ1v) is 8.00. The summed E-state index contributed by atoms with van der Waals surface area (Å²) in [6.07, 6.45) is 0.757. The highest BCUT2D eigenvalue weighted by Crippen LogP contribution is 2.47. The van der Waals surface area contributed by atoms with Crippen molar-refractivity contribution < 1.29 is 24.3 Å². The topological polar surface area (TPSA) is 125 Å². The fraction of sp³-hybridized carbons (Fsp3) is 0.412. The van der Waals surface area contributed by atoms with Crippen molar-refractivity contribution in [1.82, 2.24) is 16.0 Å². The summed E-state index contributed by atoms with van der Waals surface area (Å²) in [4.78, 5) is 45.7. The van der Waals surface area contributed by atoms with E-state index in [-0.39, 0.29) is 30.8 Å². The number of carbonyl (C=O) groups excluding carboxylic acids is 3. The first-order valence-electron chi connectivity index (χ1n) is 8.00. The molecule has 3 atom stereocenters. The Morgan fingerprint density at radius 3 is 2.36 bits per heavy atom. The van der Waals surface area contributed by atoms with Gasteiger partial charge >= 0.3 is 5.97 Å². The molecule has 1 aromatic carbocycles. The molecule has 1 saturated carbocycles. The van der Waals surface area contributed by atoms with Crippen LogP contribution in [0.15, 0.2) is 30.3 Å².